The summed E-state index contributed by atoms with van der Waals surface area (Å²) in [5, 5.41) is 10.0. The molecule has 0 aliphatic rings. The number of halogens is 3. The Labute approximate surface area is 126 Å². The van der Waals surface area contributed by atoms with E-state index < -0.39 is 23.8 Å². The molecule has 22 heavy (non-hydrogen) atoms. The first-order valence-electron chi connectivity index (χ1n) is 6.55. The molecule has 1 rings (SSSR count). The molecule has 0 aromatic heterocycles. The van der Waals surface area contributed by atoms with Crippen molar-refractivity contribution in [2.45, 2.75) is 25.6 Å². The normalized spacial score (nSPS) is 13.6. The van der Waals surface area contributed by atoms with Crippen molar-refractivity contribution in [3.05, 3.63) is 47.2 Å². The lowest BCUT2D eigenvalue weighted by atomic mass is 9.99. The van der Waals surface area contributed by atoms with Gasteiger partial charge in [-0.1, -0.05) is 18.2 Å². The Hall–Kier alpha value is -2.02. The van der Waals surface area contributed by atoms with Crippen LogP contribution in [0, 0.1) is 0 Å². The summed E-state index contributed by atoms with van der Waals surface area (Å²) in [6, 6.07) is 4.71. The number of ether oxygens (including phenoxy) is 2. The molecule has 4 nitrogen and oxygen atoms in total. The van der Waals surface area contributed by atoms with Gasteiger partial charge in [0.2, 0.25) is 0 Å². The zero-order valence-corrected chi connectivity index (χ0v) is 12.2. The van der Waals surface area contributed by atoms with E-state index in [2.05, 4.69) is 4.74 Å². The summed E-state index contributed by atoms with van der Waals surface area (Å²) in [4.78, 5) is 11.3. The van der Waals surface area contributed by atoms with Gasteiger partial charge in [-0.05, 0) is 18.6 Å². The van der Waals surface area contributed by atoms with Crippen LogP contribution in [-0.4, -0.2) is 24.8 Å². The first kappa shape index (κ1) is 18.0. The molecule has 1 aromatic carbocycles. The number of rotatable bonds is 6. The Bertz CT molecular complexity index is 538. The summed E-state index contributed by atoms with van der Waals surface area (Å²) in [5.74, 6) is -0.654. The predicted molar refractivity (Wildman–Crippen MR) is 72.7 cm³/mol. The van der Waals surface area contributed by atoms with Crippen LogP contribution in [0.5, 0.6) is 0 Å². The molecule has 0 saturated heterocycles. The molecule has 1 unspecified atom stereocenters. The first-order valence-corrected chi connectivity index (χ1v) is 6.55. The number of esters is 1. The van der Waals surface area contributed by atoms with Crippen LogP contribution < -0.4 is 0 Å². The zero-order valence-electron chi connectivity index (χ0n) is 12.2. The second kappa shape index (κ2) is 7.84. The number of carbonyl (C=O) groups is 1. The lowest BCUT2D eigenvalue weighted by Gasteiger charge is -2.18. The molecular formula is C15H17F3O4. The summed E-state index contributed by atoms with van der Waals surface area (Å²) in [6.07, 6.45) is -5.31. The molecule has 0 fully saturated rings. The van der Waals surface area contributed by atoms with Crippen LogP contribution in [0.1, 0.15) is 30.6 Å². The van der Waals surface area contributed by atoms with Gasteiger partial charge in [0.1, 0.15) is 5.76 Å². The fourth-order valence-electron chi connectivity index (χ4n) is 1.86. The number of benzene rings is 1. The highest BCUT2D eigenvalue weighted by molar-refractivity contribution is 5.82. The van der Waals surface area contributed by atoms with E-state index in [1.165, 1.54) is 25.3 Å². The highest BCUT2D eigenvalue weighted by Gasteiger charge is 2.34. The molecule has 1 aromatic rings. The van der Waals surface area contributed by atoms with E-state index in [1.54, 1.807) is 6.92 Å². The van der Waals surface area contributed by atoms with Crippen molar-refractivity contribution in [3.63, 3.8) is 0 Å². The van der Waals surface area contributed by atoms with Crippen molar-refractivity contribution in [2.75, 3.05) is 13.7 Å². The quantitative estimate of drug-likeness (QED) is 0.497. The molecule has 0 aliphatic heterocycles. The lowest BCUT2D eigenvalue weighted by Crippen LogP contribution is -2.13. The number of carbonyl (C=O) groups excluding carboxylic acids is 1. The largest absolute Gasteiger partial charge is 0.501 e. The Morgan fingerprint density at radius 3 is 2.55 bits per heavy atom. The molecule has 7 heteroatoms. The Balaban J connectivity index is 2.97. The number of alkyl halides is 3. The van der Waals surface area contributed by atoms with Gasteiger partial charge in [0, 0.05) is 6.42 Å². The van der Waals surface area contributed by atoms with Crippen molar-refractivity contribution in [1.29, 1.82) is 0 Å². The maximum absolute atomic E-state index is 12.9. The number of aliphatic hydroxyl groups is 1. The minimum atomic E-state index is -4.57. The second-order valence-electron chi connectivity index (χ2n) is 4.37. The number of aliphatic hydroxyl groups excluding tert-OH is 1. The SMILES string of the molecule is CCOC(=O)/C=C(\CC(O)c1ccccc1C(F)(F)F)OC. The average molecular weight is 318 g/mol. The number of methoxy groups -OCH3 is 1. The molecular weight excluding hydrogens is 301 g/mol. The lowest BCUT2D eigenvalue weighted by molar-refractivity contribution is -0.139. The van der Waals surface area contributed by atoms with Crippen molar-refractivity contribution in [1.82, 2.24) is 0 Å². The van der Waals surface area contributed by atoms with Crippen LogP contribution in [0.25, 0.3) is 0 Å². The molecule has 0 radical (unpaired) electrons. The summed E-state index contributed by atoms with van der Waals surface area (Å²) in [6.45, 7) is 1.78. The molecule has 1 atom stereocenters. The standard InChI is InChI=1S/C15H17F3O4/c1-3-22-14(20)9-10(21-2)8-13(19)11-6-4-5-7-12(11)15(16,17)18/h4-7,9,13,19H,3,8H2,1-2H3/b10-9+. The summed E-state index contributed by atoms with van der Waals surface area (Å²) in [7, 11) is 1.26. The van der Waals surface area contributed by atoms with E-state index >= 15 is 0 Å². The molecule has 0 amide bonds. The van der Waals surface area contributed by atoms with E-state index in [9.17, 15) is 23.1 Å². The van der Waals surface area contributed by atoms with Gasteiger partial charge in [0.05, 0.1) is 31.5 Å². The topological polar surface area (TPSA) is 55.8 Å². The van der Waals surface area contributed by atoms with Crippen LogP contribution in [0.4, 0.5) is 13.2 Å². The van der Waals surface area contributed by atoms with Gasteiger partial charge in [-0.2, -0.15) is 13.2 Å². The van der Waals surface area contributed by atoms with E-state index in [0.29, 0.717) is 0 Å². The molecule has 0 aliphatic carbocycles. The first-order chi connectivity index (χ1) is 10.3. The minimum Gasteiger partial charge on any atom is -0.501 e. The predicted octanol–water partition coefficient (Wildman–Crippen LogP) is 3.22. The maximum atomic E-state index is 12.9. The Morgan fingerprint density at radius 1 is 1.36 bits per heavy atom. The monoisotopic (exact) mass is 318 g/mol. The third-order valence-corrected chi connectivity index (χ3v) is 2.85. The maximum Gasteiger partial charge on any atom is 0.416 e. The van der Waals surface area contributed by atoms with Crippen molar-refractivity contribution >= 4 is 5.97 Å². The van der Waals surface area contributed by atoms with Gasteiger partial charge < -0.3 is 14.6 Å². The highest BCUT2D eigenvalue weighted by atomic mass is 19.4. The van der Waals surface area contributed by atoms with Crippen LogP contribution in [0.3, 0.4) is 0 Å². The van der Waals surface area contributed by atoms with E-state index in [1.807, 2.05) is 0 Å². The van der Waals surface area contributed by atoms with E-state index in [0.717, 1.165) is 12.1 Å². The van der Waals surface area contributed by atoms with Gasteiger partial charge in [-0.25, -0.2) is 4.79 Å². The highest BCUT2D eigenvalue weighted by Crippen LogP contribution is 2.36. The summed E-state index contributed by atoms with van der Waals surface area (Å²) in [5.41, 5.74) is -1.20. The van der Waals surface area contributed by atoms with E-state index in [4.69, 9.17) is 4.74 Å². The smallest absolute Gasteiger partial charge is 0.416 e. The Morgan fingerprint density at radius 2 is 2.00 bits per heavy atom. The molecule has 0 saturated carbocycles. The fraction of sp³-hybridized carbons (Fsp3) is 0.400. The molecule has 122 valence electrons. The Kier molecular flexibility index (Phi) is 6.42. The molecule has 0 spiro atoms. The molecule has 0 heterocycles. The second-order valence-corrected chi connectivity index (χ2v) is 4.37. The van der Waals surface area contributed by atoms with Crippen LogP contribution >= 0.6 is 0 Å². The van der Waals surface area contributed by atoms with Gasteiger partial charge in [0.25, 0.3) is 0 Å². The number of hydrogen-bond acceptors (Lipinski definition) is 4. The molecule has 1 N–H and O–H groups in total. The van der Waals surface area contributed by atoms with Gasteiger partial charge >= 0.3 is 12.1 Å². The van der Waals surface area contributed by atoms with Crippen molar-refractivity contribution < 1.29 is 32.5 Å². The zero-order chi connectivity index (χ0) is 16.8. The van der Waals surface area contributed by atoms with Crippen LogP contribution in [-0.2, 0) is 20.4 Å². The van der Waals surface area contributed by atoms with Crippen molar-refractivity contribution in [2.24, 2.45) is 0 Å². The van der Waals surface area contributed by atoms with Gasteiger partial charge in [0.15, 0.2) is 0 Å². The van der Waals surface area contributed by atoms with Crippen molar-refractivity contribution in [3.8, 4) is 0 Å². The third kappa shape index (κ3) is 5.07. The van der Waals surface area contributed by atoms with E-state index in [-0.39, 0.29) is 24.4 Å². The third-order valence-electron chi connectivity index (χ3n) is 2.85. The summed E-state index contributed by atoms with van der Waals surface area (Å²) >= 11 is 0. The minimum absolute atomic E-state index is 0.0305. The summed E-state index contributed by atoms with van der Waals surface area (Å²) < 4.78 is 48.3. The average Bonchev–Trinajstić information content (AvgIpc) is 2.45. The van der Waals surface area contributed by atoms with Gasteiger partial charge in [-0.3, -0.25) is 0 Å². The van der Waals surface area contributed by atoms with Crippen LogP contribution in [0.15, 0.2) is 36.1 Å². The number of hydrogen-bond donors (Lipinski definition) is 1. The fourth-order valence-corrected chi connectivity index (χ4v) is 1.86. The van der Waals surface area contributed by atoms with Crippen LogP contribution in [0.2, 0.25) is 0 Å². The van der Waals surface area contributed by atoms with Gasteiger partial charge in [-0.15, -0.1) is 0 Å². The molecule has 0 bridgehead atoms.